The number of aliphatic carboxylic acids is 2. The van der Waals surface area contributed by atoms with Gasteiger partial charge in [-0.2, -0.15) is 13.2 Å². The molecule has 0 spiro atoms. The number of thiazole rings is 1. The van der Waals surface area contributed by atoms with Gasteiger partial charge >= 0.3 is 18.1 Å². The van der Waals surface area contributed by atoms with E-state index in [0.717, 1.165) is 11.3 Å². The third kappa shape index (κ3) is 7.04. The second-order valence-corrected chi connectivity index (χ2v) is 8.37. The molecule has 32 heavy (non-hydrogen) atoms. The van der Waals surface area contributed by atoms with Gasteiger partial charge in [-0.25, -0.2) is 22.5 Å². The summed E-state index contributed by atoms with van der Waals surface area (Å²) in [5, 5.41) is 23.1. The molecule has 0 bridgehead atoms. The van der Waals surface area contributed by atoms with E-state index in [4.69, 9.17) is 20.7 Å². The zero-order chi connectivity index (χ0) is 24.9. The van der Waals surface area contributed by atoms with Crippen LogP contribution in [0.5, 0.6) is 0 Å². The van der Waals surface area contributed by atoms with Crippen LogP contribution in [0.25, 0.3) is 0 Å². The van der Waals surface area contributed by atoms with Crippen molar-refractivity contribution in [2.45, 2.75) is 12.2 Å². The van der Waals surface area contributed by atoms with Crippen LogP contribution < -0.4 is 11.1 Å². The quantitative estimate of drug-likeness (QED) is 0.256. The first-order chi connectivity index (χ1) is 14.6. The third-order valence-corrected chi connectivity index (χ3v) is 5.65. The Labute approximate surface area is 180 Å². The Bertz CT molecular complexity index is 1040. The Hall–Kier alpha value is -3.48. The molecule has 2 rings (SSSR count). The average molecular weight is 505 g/mol. The minimum Gasteiger partial charge on any atom is -0.480 e. The Kier molecular flexibility index (Phi) is 8.48. The Morgan fingerprint density at radius 1 is 1.41 bits per heavy atom. The first-order valence-corrected chi connectivity index (χ1v) is 10.3. The number of halogens is 3. The molecule has 1 aliphatic heterocycles. The highest BCUT2D eigenvalue weighted by Gasteiger charge is 2.45. The lowest BCUT2D eigenvalue weighted by atomic mass is 10.2. The molecule has 1 aromatic rings. The van der Waals surface area contributed by atoms with Gasteiger partial charge in [0.2, 0.25) is 10.0 Å². The number of carboxylic acids is 2. The van der Waals surface area contributed by atoms with Crippen LogP contribution in [0.15, 0.2) is 10.5 Å². The van der Waals surface area contributed by atoms with Gasteiger partial charge in [0.1, 0.15) is 25.4 Å². The molecule has 5 N–H and O–H groups in total. The van der Waals surface area contributed by atoms with Gasteiger partial charge in [-0.05, 0) is 0 Å². The lowest BCUT2D eigenvalue weighted by molar-refractivity contribution is -0.192. The minimum atomic E-state index is -5.08. The fourth-order valence-corrected chi connectivity index (χ4v) is 4.09. The van der Waals surface area contributed by atoms with Crippen molar-refractivity contribution in [3.63, 3.8) is 0 Å². The molecule has 1 atom stereocenters. The Morgan fingerprint density at radius 3 is 2.38 bits per heavy atom. The number of nitrogens with one attached hydrogen (secondary N) is 1. The van der Waals surface area contributed by atoms with Crippen LogP contribution in [0.2, 0.25) is 0 Å². The summed E-state index contributed by atoms with van der Waals surface area (Å²) < 4.78 is 55.7. The van der Waals surface area contributed by atoms with Crippen LogP contribution in [-0.2, 0) is 34.0 Å². The molecule has 1 saturated heterocycles. The molecule has 19 heteroatoms. The number of anilines is 1. The van der Waals surface area contributed by atoms with Gasteiger partial charge in [0.05, 0.1) is 5.75 Å². The second kappa shape index (κ2) is 10.2. The summed E-state index contributed by atoms with van der Waals surface area (Å²) in [7, 11) is -2.96. The Morgan fingerprint density at radius 2 is 1.97 bits per heavy atom. The lowest BCUT2D eigenvalue weighted by Crippen LogP contribution is -2.46. The van der Waals surface area contributed by atoms with Gasteiger partial charge in [-0.1, -0.05) is 5.16 Å². The lowest BCUT2D eigenvalue weighted by Gasteiger charge is -2.13. The number of alkyl halides is 3. The highest BCUT2D eigenvalue weighted by atomic mass is 32.2. The van der Waals surface area contributed by atoms with Crippen LogP contribution >= 0.6 is 11.3 Å². The van der Waals surface area contributed by atoms with E-state index < -0.39 is 58.3 Å². The van der Waals surface area contributed by atoms with E-state index in [1.807, 2.05) is 0 Å². The molecule has 0 aromatic carbocycles. The van der Waals surface area contributed by atoms with E-state index in [2.05, 4.69) is 20.3 Å². The third-order valence-electron chi connectivity index (χ3n) is 3.25. The van der Waals surface area contributed by atoms with Gasteiger partial charge in [0.25, 0.3) is 11.8 Å². The summed E-state index contributed by atoms with van der Waals surface area (Å²) in [6.45, 7) is -1.02. The largest absolute Gasteiger partial charge is 0.490 e. The molecule has 2 amide bonds. The molecule has 1 unspecified atom stereocenters. The summed E-state index contributed by atoms with van der Waals surface area (Å²) in [5.74, 6) is -6.98. The highest BCUT2D eigenvalue weighted by Crippen LogP contribution is 2.17. The standard InChI is InChI=1S/C11H13N5O7S2.C2HF3O2/c1-23-15-8(5-3-24-11(12)14-5)9(19)13-6-4-25(21,22)16(10(6)20)2-7(17)18;3-2(4,5)1(6)7/h3,6H,2,4H2,1H3,(H2,12,14)(H,13,19)(H,17,18);(H,6,7)/b15-8+;. The maximum Gasteiger partial charge on any atom is 0.490 e. The predicted molar refractivity (Wildman–Crippen MR) is 98.8 cm³/mol. The van der Waals surface area contributed by atoms with Crippen molar-refractivity contribution in [2.75, 3.05) is 25.1 Å². The van der Waals surface area contributed by atoms with E-state index in [9.17, 15) is 36.0 Å². The molecule has 1 fully saturated rings. The number of carbonyl (C=O) groups is 4. The van der Waals surface area contributed by atoms with Gasteiger partial charge in [0, 0.05) is 5.38 Å². The fourth-order valence-electron chi connectivity index (χ4n) is 2.00. The predicted octanol–water partition coefficient (Wildman–Crippen LogP) is -1.55. The number of carboxylic acid groups (broad SMARTS) is 2. The normalized spacial score (nSPS) is 17.9. The van der Waals surface area contributed by atoms with Gasteiger partial charge in [0.15, 0.2) is 10.8 Å². The first kappa shape index (κ1) is 26.6. The summed E-state index contributed by atoms with van der Waals surface area (Å²) in [6, 6.07) is -1.45. The topological polar surface area (TPSA) is 219 Å². The number of nitrogen functional groups attached to an aromatic ring is 1. The number of amides is 2. The second-order valence-electron chi connectivity index (χ2n) is 5.54. The minimum absolute atomic E-state index is 0.0811. The Balaban J connectivity index is 0.000000633. The number of nitrogens with zero attached hydrogens (tertiary/aromatic N) is 3. The smallest absolute Gasteiger partial charge is 0.480 e. The number of sulfonamides is 1. The van der Waals surface area contributed by atoms with Crippen LogP contribution in [-0.4, -0.2) is 89.0 Å². The van der Waals surface area contributed by atoms with E-state index in [0.29, 0.717) is 0 Å². The van der Waals surface area contributed by atoms with Gasteiger partial charge in [-0.15, -0.1) is 11.3 Å². The zero-order valence-electron chi connectivity index (χ0n) is 15.7. The molecule has 2 heterocycles. The van der Waals surface area contributed by atoms with Crippen molar-refractivity contribution in [3.05, 3.63) is 11.1 Å². The van der Waals surface area contributed by atoms with Crippen molar-refractivity contribution < 1.29 is 55.8 Å². The van der Waals surface area contributed by atoms with Crippen molar-refractivity contribution in [3.8, 4) is 0 Å². The number of hydrogen-bond acceptors (Lipinski definition) is 11. The zero-order valence-corrected chi connectivity index (χ0v) is 17.3. The van der Waals surface area contributed by atoms with E-state index >= 15 is 0 Å². The van der Waals surface area contributed by atoms with Crippen molar-refractivity contribution in [1.82, 2.24) is 14.6 Å². The number of nitrogens with two attached hydrogens (primary N) is 1. The average Bonchev–Trinajstić information content (AvgIpc) is 3.15. The summed E-state index contributed by atoms with van der Waals surface area (Å²) in [5.41, 5.74) is 5.26. The highest BCUT2D eigenvalue weighted by molar-refractivity contribution is 7.90. The van der Waals surface area contributed by atoms with Crippen LogP contribution in [0, 0.1) is 0 Å². The molecule has 0 aliphatic carbocycles. The van der Waals surface area contributed by atoms with Crippen LogP contribution in [0.1, 0.15) is 5.69 Å². The van der Waals surface area contributed by atoms with Gasteiger partial charge < -0.3 is 26.1 Å². The number of hydrogen-bond donors (Lipinski definition) is 4. The molecule has 0 radical (unpaired) electrons. The first-order valence-electron chi connectivity index (χ1n) is 7.79. The SMILES string of the molecule is CO/N=C(/C(=O)NC1CS(=O)(=O)N(CC(=O)O)C1=O)c1csc(N)n1.O=C(O)C(F)(F)F. The number of carbonyl (C=O) groups excluding carboxylic acids is 2. The van der Waals surface area contributed by atoms with E-state index in [1.165, 1.54) is 12.5 Å². The molecular formula is C13H14F3N5O9S2. The summed E-state index contributed by atoms with van der Waals surface area (Å²) in [6.07, 6.45) is -5.08. The molecule has 178 valence electrons. The number of rotatable bonds is 6. The van der Waals surface area contributed by atoms with Crippen LogP contribution in [0.3, 0.4) is 0 Å². The molecule has 14 nitrogen and oxygen atoms in total. The molecule has 1 aromatic heterocycles. The van der Waals surface area contributed by atoms with Crippen LogP contribution in [0.4, 0.5) is 18.3 Å². The van der Waals surface area contributed by atoms with Gasteiger partial charge in [-0.3, -0.25) is 14.4 Å². The maximum absolute atomic E-state index is 12.3. The monoisotopic (exact) mass is 505 g/mol. The van der Waals surface area contributed by atoms with E-state index in [-0.39, 0.29) is 20.8 Å². The maximum atomic E-state index is 12.3. The number of aromatic nitrogens is 1. The fraction of sp³-hybridized carbons (Fsp3) is 0.385. The molecule has 0 saturated carbocycles. The summed E-state index contributed by atoms with van der Waals surface area (Å²) >= 11 is 1.04. The summed E-state index contributed by atoms with van der Waals surface area (Å²) in [4.78, 5) is 52.4. The van der Waals surface area contributed by atoms with Crippen molar-refractivity contribution in [2.24, 2.45) is 5.16 Å². The number of oxime groups is 1. The van der Waals surface area contributed by atoms with Crippen molar-refractivity contribution in [1.29, 1.82) is 0 Å². The van der Waals surface area contributed by atoms with Crippen molar-refractivity contribution >= 4 is 56.0 Å². The van der Waals surface area contributed by atoms with E-state index in [1.54, 1.807) is 0 Å². The molecule has 1 aliphatic rings. The molecular weight excluding hydrogens is 491 g/mol.